The molecule has 18 heavy (non-hydrogen) atoms. The van der Waals surface area contributed by atoms with Gasteiger partial charge in [-0.3, -0.25) is 4.79 Å². The Morgan fingerprint density at radius 2 is 2.22 bits per heavy atom. The average Bonchev–Trinajstić information content (AvgIpc) is 2.32. The lowest BCUT2D eigenvalue weighted by atomic mass is 9.87. The molecule has 0 aromatic heterocycles. The summed E-state index contributed by atoms with van der Waals surface area (Å²) >= 11 is 5.89. The lowest BCUT2D eigenvalue weighted by Gasteiger charge is -2.15. The number of Topliss-reactive ketones (excluding diaryl/α,β-unsaturated/α-hetero) is 1. The second-order valence-electron chi connectivity index (χ2n) is 4.32. The van der Waals surface area contributed by atoms with Crippen molar-refractivity contribution in [2.75, 3.05) is 0 Å². The first-order valence-electron chi connectivity index (χ1n) is 5.89. The Hall–Kier alpha value is -1.40. The molecule has 0 amide bonds. The summed E-state index contributed by atoms with van der Waals surface area (Å²) < 4.78 is 12.9. The smallest absolute Gasteiger partial charge is 0.157 e. The van der Waals surface area contributed by atoms with E-state index < -0.39 is 11.7 Å². The highest BCUT2D eigenvalue weighted by molar-refractivity contribution is 6.31. The molecule has 2 unspecified atom stereocenters. The van der Waals surface area contributed by atoms with Gasteiger partial charge in [-0.25, -0.2) is 4.39 Å². The summed E-state index contributed by atoms with van der Waals surface area (Å²) in [5.41, 5.74) is 0.383. The van der Waals surface area contributed by atoms with E-state index in [0.717, 1.165) is 18.9 Å². The number of carbonyl (C=O) groups excluding carboxylic acids is 1. The highest BCUT2D eigenvalue weighted by atomic mass is 35.5. The van der Waals surface area contributed by atoms with Crippen molar-refractivity contribution < 1.29 is 9.18 Å². The third kappa shape index (κ3) is 3.30. The van der Waals surface area contributed by atoms with Gasteiger partial charge in [-0.2, -0.15) is 5.26 Å². The first-order valence-corrected chi connectivity index (χ1v) is 6.27. The van der Waals surface area contributed by atoms with Gasteiger partial charge in [0.05, 0.1) is 6.07 Å². The fourth-order valence-electron chi connectivity index (χ4n) is 1.88. The summed E-state index contributed by atoms with van der Waals surface area (Å²) in [5.74, 6) is -1.75. The summed E-state index contributed by atoms with van der Waals surface area (Å²) in [6.07, 6.45) is 1.61. The molecule has 96 valence electrons. The lowest BCUT2D eigenvalue weighted by molar-refractivity contribution is -0.122. The van der Waals surface area contributed by atoms with Crippen molar-refractivity contribution in [1.82, 2.24) is 0 Å². The minimum atomic E-state index is -0.917. The van der Waals surface area contributed by atoms with Crippen molar-refractivity contribution in [2.45, 2.75) is 32.6 Å². The summed E-state index contributed by atoms with van der Waals surface area (Å²) in [4.78, 5) is 12.1. The molecule has 0 saturated carbocycles. The highest BCUT2D eigenvalue weighted by Gasteiger charge is 2.26. The topological polar surface area (TPSA) is 40.9 Å². The minimum absolute atomic E-state index is 0.124. The molecule has 0 aliphatic carbocycles. The average molecular weight is 268 g/mol. The number of halogens is 2. The minimum Gasteiger partial charge on any atom is -0.298 e. The maximum atomic E-state index is 12.9. The molecule has 0 aliphatic heterocycles. The molecule has 0 aliphatic rings. The molecule has 0 heterocycles. The number of carbonyl (C=O) groups is 1. The predicted molar refractivity (Wildman–Crippen MR) is 68.8 cm³/mol. The van der Waals surface area contributed by atoms with E-state index in [1.807, 2.05) is 13.0 Å². The quantitative estimate of drug-likeness (QED) is 0.806. The van der Waals surface area contributed by atoms with Crippen molar-refractivity contribution in [2.24, 2.45) is 5.92 Å². The highest BCUT2D eigenvalue weighted by Crippen LogP contribution is 2.28. The molecule has 0 radical (unpaired) electrons. The zero-order valence-corrected chi connectivity index (χ0v) is 11.2. The number of nitriles is 1. The molecular weight excluding hydrogens is 253 g/mol. The maximum absolute atomic E-state index is 12.9. The van der Waals surface area contributed by atoms with Crippen LogP contribution >= 0.6 is 11.6 Å². The predicted octanol–water partition coefficient (Wildman–Crippen LogP) is 4.09. The molecule has 1 aromatic carbocycles. The van der Waals surface area contributed by atoms with Gasteiger partial charge >= 0.3 is 0 Å². The number of nitrogens with zero attached hydrogens (tertiary/aromatic N) is 1. The Kier molecular flexibility index (Phi) is 5.30. The molecule has 4 heteroatoms. The van der Waals surface area contributed by atoms with E-state index in [2.05, 4.69) is 0 Å². The number of hydrogen-bond donors (Lipinski definition) is 0. The van der Waals surface area contributed by atoms with E-state index in [0.29, 0.717) is 5.56 Å². The number of ketones is 1. The molecule has 2 nitrogen and oxygen atoms in total. The summed E-state index contributed by atoms with van der Waals surface area (Å²) in [5, 5.41) is 9.26. The van der Waals surface area contributed by atoms with Gasteiger partial charge < -0.3 is 0 Å². The van der Waals surface area contributed by atoms with Crippen LogP contribution in [0, 0.1) is 23.1 Å². The van der Waals surface area contributed by atoms with Crippen molar-refractivity contribution in [3.63, 3.8) is 0 Å². The normalized spacial score (nSPS) is 13.7. The van der Waals surface area contributed by atoms with Gasteiger partial charge in [-0.15, -0.1) is 0 Å². The zero-order valence-electron chi connectivity index (χ0n) is 10.4. The lowest BCUT2D eigenvalue weighted by Crippen LogP contribution is -2.19. The Balaban J connectivity index is 3.03. The van der Waals surface area contributed by atoms with Crippen LogP contribution in [0.5, 0.6) is 0 Å². The first-order chi connectivity index (χ1) is 8.51. The Morgan fingerprint density at radius 1 is 1.56 bits per heavy atom. The van der Waals surface area contributed by atoms with Crippen LogP contribution in [0.4, 0.5) is 4.39 Å². The van der Waals surface area contributed by atoms with Gasteiger partial charge in [0.2, 0.25) is 0 Å². The standard InChI is InChI=1S/C14H15ClFNO/c1-3-4-9(2)14(18)12(8-17)11-6-5-10(16)7-13(11)15/h5-7,9,12H,3-4H2,1-2H3. The molecule has 0 saturated heterocycles. The van der Waals surface area contributed by atoms with Crippen molar-refractivity contribution >= 4 is 17.4 Å². The van der Waals surface area contributed by atoms with Gasteiger partial charge in [0, 0.05) is 10.9 Å². The number of rotatable bonds is 5. The van der Waals surface area contributed by atoms with Crippen LogP contribution in [0.1, 0.15) is 38.2 Å². The summed E-state index contributed by atoms with van der Waals surface area (Å²) in [6.45, 7) is 3.78. The van der Waals surface area contributed by atoms with Crippen LogP contribution in [-0.4, -0.2) is 5.78 Å². The fraction of sp³-hybridized carbons (Fsp3) is 0.429. The van der Waals surface area contributed by atoms with Crippen molar-refractivity contribution in [3.05, 3.63) is 34.6 Å². The van der Waals surface area contributed by atoms with Gasteiger partial charge in [0.15, 0.2) is 5.78 Å². The van der Waals surface area contributed by atoms with Crippen LogP contribution < -0.4 is 0 Å². The van der Waals surface area contributed by atoms with Gasteiger partial charge in [-0.1, -0.05) is 37.9 Å². The molecule has 2 atom stereocenters. The summed E-state index contributed by atoms with van der Waals surface area (Å²) in [7, 11) is 0. The van der Waals surface area contributed by atoms with Crippen LogP contribution in [0.15, 0.2) is 18.2 Å². The molecule has 1 rings (SSSR count). The number of benzene rings is 1. The van der Waals surface area contributed by atoms with Gasteiger partial charge in [-0.05, 0) is 24.1 Å². The van der Waals surface area contributed by atoms with E-state index in [9.17, 15) is 9.18 Å². The third-order valence-electron chi connectivity index (χ3n) is 2.89. The van der Waals surface area contributed by atoms with Crippen LogP contribution in [-0.2, 0) is 4.79 Å². The molecule has 0 fully saturated rings. The van der Waals surface area contributed by atoms with Gasteiger partial charge in [0.1, 0.15) is 11.7 Å². The van der Waals surface area contributed by atoms with E-state index in [-0.39, 0.29) is 16.7 Å². The summed E-state index contributed by atoms with van der Waals surface area (Å²) in [6, 6.07) is 5.70. The zero-order chi connectivity index (χ0) is 13.7. The van der Waals surface area contributed by atoms with Crippen LogP contribution in [0.3, 0.4) is 0 Å². The monoisotopic (exact) mass is 267 g/mol. The molecule has 0 bridgehead atoms. The molecular formula is C14H15ClFNO. The SMILES string of the molecule is CCCC(C)C(=O)C(C#N)c1ccc(F)cc1Cl. The molecule has 0 N–H and O–H groups in total. The van der Waals surface area contributed by atoms with Crippen molar-refractivity contribution in [3.8, 4) is 6.07 Å². The van der Waals surface area contributed by atoms with Crippen LogP contribution in [0.2, 0.25) is 5.02 Å². The number of hydrogen-bond acceptors (Lipinski definition) is 2. The maximum Gasteiger partial charge on any atom is 0.157 e. The Morgan fingerprint density at radius 3 is 2.72 bits per heavy atom. The van der Waals surface area contributed by atoms with E-state index in [1.54, 1.807) is 6.92 Å². The second kappa shape index (κ2) is 6.51. The Labute approximate surface area is 111 Å². The van der Waals surface area contributed by atoms with Crippen LogP contribution in [0.25, 0.3) is 0 Å². The van der Waals surface area contributed by atoms with Gasteiger partial charge in [0.25, 0.3) is 0 Å². The largest absolute Gasteiger partial charge is 0.298 e. The van der Waals surface area contributed by atoms with E-state index in [1.165, 1.54) is 12.1 Å². The van der Waals surface area contributed by atoms with Crippen molar-refractivity contribution in [1.29, 1.82) is 5.26 Å². The van der Waals surface area contributed by atoms with E-state index in [4.69, 9.17) is 16.9 Å². The molecule has 0 spiro atoms. The van der Waals surface area contributed by atoms with E-state index >= 15 is 0 Å². The molecule has 1 aromatic rings. The fourth-order valence-corrected chi connectivity index (χ4v) is 2.16. The third-order valence-corrected chi connectivity index (χ3v) is 3.22. The first kappa shape index (κ1) is 14.7. The Bertz CT molecular complexity index is 481. The second-order valence-corrected chi connectivity index (χ2v) is 4.73.